The molecule has 0 saturated heterocycles. The summed E-state index contributed by atoms with van der Waals surface area (Å²) in [6.45, 7) is 30.2. The molecular formula is C36F12N6. The van der Waals surface area contributed by atoms with Crippen LogP contribution in [0.25, 0.3) is 69.5 Å². The van der Waals surface area contributed by atoms with Crippen LogP contribution in [-0.4, -0.2) is 0 Å². The molecule has 0 aliphatic heterocycles. The summed E-state index contributed by atoms with van der Waals surface area (Å²) in [5.41, 5.74) is -24.0. The van der Waals surface area contributed by atoms with Gasteiger partial charge in [-0.05, 0) is 22.3 Å². The van der Waals surface area contributed by atoms with E-state index in [0.29, 0.717) is 0 Å². The molecular weight excluding hydrogens is 744 g/mol. The predicted octanol–water partition coefficient (Wildman–Crippen LogP) is 10.3. The van der Waals surface area contributed by atoms with Gasteiger partial charge in [0.1, 0.15) is 13.1 Å². The van der Waals surface area contributed by atoms with Gasteiger partial charge < -0.3 is 0 Å². The van der Waals surface area contributed by atoms with E-state index in [1.165, 1.54) is 12.1 Å². The minimum Gasteiger partial charge on any atom is -0.226 e. The zero-order chi connectivity index (χ0) is 39.6. The first-order valence-corrected chi connectivity index (χ1v) is 14.0. The fraction of sp³-hybridized carbons (Fsp3) is 0. The Morgan fingerprint density at radius 2 is 0.556 bits per heavy atom. The van der Waals surface area contributed by atoms with Crippen LogP contribution in [-0.2, 0) is 0 Å². The van der Waals surface area contributed by atoms with Crippen LogP contribution >= 0.6 is 0 Å². The highest BCUT2D eigenvalue weighted by Gasteiger charge is 2.52. The monoisotopic (exact) mass is 744 g/mol. The second kappa shape index (κ2) is 11.4. The van der Waals surface area contributed by atoms with Crippen LogP contribution in [0.3, 0.4) is 0 Å². The summed E-state index contributed by atoms with van der Waals surface area (Å²) < 4.78 is 187. The van der Waals surface area contributed by atoms with Crippen LogP contribution in [0.5, 0.6) is 0 Å². The number of allylic oxidation sites excluding steroid dienone is 2. The molecule has 0 saturated carbocycles. The Balaban J connectivity index is 2.02. The third-order valence-corrected chi connectivity index (χ3v) is 8.90. The molecule has 0 bridgehead atoms. The summed E-state index contributed by atoms with van der Waals surface area (Å²) in [7, 11) is 0. The van der Waals surface area contributed by atoms with Crippen molar-refractivity contribution in [3.63, 3.8) is 0 Å². The van der Waals surface area contributed by atoms with Gasteiger partial charge in [-0.15, -0.1) is 0 Å². The normalized spacial score (nSPS) is 14.2. The van der Waals surface area contributed by atoms with Crippen molar-refractivity contribution in [2.45, 2.75) is 0 Å². The Kier molecular flexibility index (Phi) is 7.28. The molecule has 0 amide bonds. The highest BCUT2D eigenvalue weighted by molar-refractivity contribution is 6.24. The van der Waals surface area contributed by atoms with Gasteiger partial charge in [-0.25, -0.2) is 72.9 Å². The van der Waals surface area contributed by atoms with Crippen molar-refractivity contribution in [3.8, 4) is 45.5 Å². The summed E-state index contributed by atoms with van der Waals surface area (Å²) in [4.78, 5) is 11.4. The van der Waals surface area contributed by atoms with E-state index in [1.807, 2.05) is 0 Å². The molecule has 0 fully saturated rings. The lowest BCUT2D eigenvalue weighted by molar-refractivity contribution is 0.410. The zero-order valence-electron chi connectivity index (χ0n) is 25.2. The van der Waals surface area contributed by atoms with Gasteiger partial charge in [-0.1, -0.05) is 0 Å². The van der Waals surface area contributed by atoms with Gasteiger partial charge in [0.2, 0.25) is 0 Å². The molecule has 0 N–H and O–H groups in total. The van der Waals surface area contributed by atoms with Crippen LogP contribution in [0, 0.1) is 119 Å². The third kappa shape index (κ3) is 3.76. The summed E-state index contributed by atoms with van der Waals surface area (Å²) in [5.74, 6) is -31.6. The first-order valence-electron chi connectivity index (χ1n) is 14.0. The summed E-state index contributed by atoms with van der Waals surface area (Å²) in [6, 6.07) is 2.45. The van der Waals surface area contributed by atoms with E-state index in [9.17, 15) is 23.7 Å². The maximum absolute atomic E-state index is 16.2. The van der Waals surface area contributed by atoms with Crippen molar-refractivity contribution in [3.05, 3.63) is 166 Å². The number of nitriles is 2. The molecule has 0 spiro atoms. The predicted molar refractivity (Wildman–Crippen MR) is 158 cm³/mol. The summed E-state index contributed by atoms with van der Waals surface area (Å²) in [6.07, 6.45) is 0. The minimum absolute atomic E-state index is 1.23. The molecule has 4 aromatic rings. The maximum Gasteiger partial charge on any atom is 0.528 e. The van der Waals surface area contributed by atoms with Crippen LogP contribution < -0.4 is 0 Å². The number of nitrogens with zero attached hydrogens (tertiary/aromatic N) is 6. The zero-order valence-corrected chi connectivity index (χ0v) is 25.2. The van der Waals surface area contributed by atoms with Gasteiger partial charge in [0.15, 0.2) is 69.8 Å². The molecule has 0 heterocycles. The molecule has 3 aliphatic rings. The van der Waals surface area contributed by atoms with Crippen molar-refractivity contribution in [2.75, 3.05) is 0 Å². The van der Waals surface area contributed by atoms with Gasteiger partial charge in [0, 0.05) is 55.7 Å². The topological polar surface area (TPSA) is 65.0 Å². The first kappa shape index (κ1) is 34.6. The minimum atomic E-state index is -2.63. The highest BCUT2D eigenvalue weighted by atomic mass is 19.2. The fourth-order valence-corrected chi connectivity index (χ4v) is 7.04. The SMILES string of the molecule is [C-]#[N+]C([N+]#[C-])=C1c2c(F)c(F)c(F)c(F)c2-c2c1c1c(c3c2/C(=C(/C#N)[N+]#[C-])c2c(F)c(F)c(F)c(F)c2-3)/C(=C(\C#N)[N+]#[C-])c2c(F)c(F)c(F)c(F)c2-1. The van der Waals surface area contributed by atoms with E-state index >= 15 is 39.5 Å². The molecule has 0 atom stereocenters. The lowest BCUT2D eigenvalue weighted by atomic mass is 9.83. The first-order chi connectivity index (χ1) is 25.6. The molecule has 3 aliphatic carbocycles. The second-order valence-electron chi connectivity index (χ2n) is 11.1. The number of fused-ring (bicyclic) bond motifs is 12. The van der Waals surface area contributed by atoms with Crippen molar-refractivity contribution >= 4 is 16.7 Å². The van der Waals surface area contributed by atoms with Crippen LogP contribution in [0.15, 0.2) is 17.2 Å². The lowest BCUT2D eigenvalue weighted by Crippen LogP contribution is -2.03. The van der Waals surface area contributed by atoms with Gasteiger partial charge in [0.25, 0.3) is 11.4 Å². The van der Waals surface area contributed by atoms with Crippen molar-refractivity contribution in [1.82, 2.24) is 0 Å². The van der Waals surface area contributed by atoms with Crippen LogP contribution in [0.2, 0.25) is 0 Å². The molecule has 4 aromatic carbocycles. The largest absolute Gasteiger partial charge is 0.528 e. The molecule has 258 valence electrons. The van der Waals surface area contributed by atoms with Crippen molar-refractivity contribution in [1.29, 1.82) is 10.5 Å². The Bertz CT molecular complexity index is 2630. The Hall–Kier alpha value is -7.80. The van der Waals surface area contributed by atoms with Gasteiger partial charge >= 0.3 is 5.82 Å². The van der Waals surface area contributed by atoms with Crippen molar-refractivity contribution < 1.29 is 52.7 Å². The van der Waals surface area contributed by atoms with Gasteiger partial charge in [0.05, 0.1) is 30.9 Å². The van der Waals surface area contributed by atoms with E-state index in [4.69, 9.17) is 26.3 Å². The average Bonchev–Trinajstić information content (AvgIpc) is 3.82. The number of halogens is 12. The second-order valence-corrected chi connectivity index (χ2v) is 11.1. The Morgan fingerprint density at radius 1 is 0.315 bits per heavy atom. The van der Waals surface area contributed by atoms with Crippen LogP contribution in [0.1, 0.15) is 33.4 Å². The van der Waals surface area contributed by atoms with Gasteiger partial charge in [-0.2, -0.15) is 9.69 Å². The van der Waals surface area contributed by atoms with E-state index < -0.39 is 171 Å². The third-order valence-electron chi connectivity index (χ3n) is 8.90. The Morgan fingerprint density at radius 3 is 0.796 bits per heavy atom. The number of hydrogen-bond acceptors (Lipinski definition) is 2. The van der Waals surface area contributed by atoms with E-state index in [1.54, 1.807) is 0 Å². The molecule has 54 heavy (non-hydrogen) atoms. The van der Waals surface area contributed by atoms with E-state index in [-0.39, 0.29) is 0 Å². The molecule has 0 aromatic heterocycles. The molecule has 0 radical (unpaired) electrons. The molecule has 7 rings (SSSR count). The Labute approximate surface area is 291 Å². The quantitative estimate of drug-likeness (QED) is 0.0510. The summed E-state index contributed by atoms with van der Waals surface area (Å²) in [5, 5.41) is 19.9. The number of benzene rings is 4. The molecule has 6 nitrogen and oxygen atoms in total. The van der Waals surface area contributed by atoms with Crippen LogP contribution in [0.4, 0.5) is 52.7 Å². The standard InChI is InChI=1S/C36F12N6/c1-51-7(5-49)9-11-13-12(10(8(6-50)52-2)17-19(13)26(39)32(45)30(43)24(17)37)15-16(14(11)20-18(9)25(38)31(44)33(46)27(20)40)23(36(53-3)54-4)22-21(15)28(41)34(47)35(48)29(22)42/b9-7-,10-8+. The summed E-state index contributed by atoms with van der Waals surface area (Å²) >= 11 is 0. The van der Waals surface area contributed by atoms with Crippen molar-refractivity contribution in [2.24, 2.45) is 0 Å². The van der Waals surface area contributed by atoms with Gasteiger partial charge in [-0.3, -0.25) is 0 Å². The number of hydrogen-bond donors (Lipinski definition) is 0. The van der Waals surface area contributed by atoms with E-state index in [0.717, 1.165) is 0 Å². The molecule has 0 unspecified atom stereocenters. The fourth-order valence-electron chi connectivity index (χ4n) is 7.04. The lowest BCUT2D eigenvalue weighted by Gasteiger charge is -2.19. The maximum atomic E-state index is 16.2. The average molecular weight is 744 g/mol. The smallest absolute Gasteiger partial charge is 0.226 e. The molecule has 18 heteroatoms. The highest BCUT2D eigenvalue weighted by Crippen LogP contribution is 2.67. The van der Waals surface area contributed by atoms with E-state index in [2.05, 4.69) is 19.4 Å². The number of rotatable bonds is 0.